The quantitative estimate of drug-likeness (QED) is 0.194. The van der Waals surface area contributed by atoms with Crippen LogP contribution in [0.4, 0.5) is 23.1 Å². The van der Waals surface area contributed by atoms with Crippen molar-refractivity contribution >= 4 is 56.4 Å². The normalized spacial score (nSPS) is 11.1. The Balaban J connectivity index is 1.78. The van der Waals surface area contributed by atoms with Crippen LogP contribution in [0, 0.1) is 0 Å². The fourth-order valence-electron chi connectivity index (χ4n) is 3.03. The van der Waals surface area contributed by atoms with E-state index in [0.717, 1.165) is 0 Å². The minimum atomic E-state index is -3.56. The molecule has 0 aliphatic rings. The average Bonchev–Trinajstić information content (AvgIpc) is 2.86. The maximum Gasteiger partial charge on any atom is 0.251 e. The third-order valence-electron chi connectivity index (χ3n) is 4.95. The first-order chi connectivity index (χ1) is 17.1. The van der Waals surface area contributed by atoms with Crippen molar-refractivity contribution in [3.63, 3.8) is 0 Å². The van der Waals surface area contributed by atoms with Gasteiger partial charge >= 0.3 is 0 Å². The lowest BCUT2D eigenvalue weighted by Crippen LogP contribution is -2.29. The summed E-state index contributed by atoms with van der Waals surface area (Å²) in [6, 6.07) is 13.0. The van der Waals surface area contributed by atoms with E-state index in [1.807, 2.05) is 0 Å². The summed E-state index contributed by atoms with van der Waals surface area (Å²) in [5.74, 6) is -0.675. The number of carbonyl (C=O) groups is 2. The molecule has 2 aromatic carbocycles. The SMILES string of the molecule is CC(C)S(=O)(=O)c1ccccc1Nc1nc(Nc2cccc(C(=O)NCCC(=O)NO)c2)ncc1Cl. The molecule has 5 N–H and O–H groups in total. The molecule has 0 fully saturated rings. The van der Waals surface area contributed by atoms with Crippen LogP contribution in [0.3, 0.4) is 0 Å². The molecule has 11 nitrogen and oxygen atoms in total. The highest BCUT2D eigenvalue weighted by molar-refractivity contribution is 7.92. The Morgan fingerprint density at radius 3 is 2.56 bits per heavy atom. The van der Waals surface area contributed by atoms with Crippen molar-refractivity contribution in [1.29, 1.82) is 0 Å². The van der Waals surface area contributed by atoms with Crippen molar-refractivity contribution in [2.45, 2.75) is 30.4 Å². The van der Waals surface area contributed by atoms with Crippen molar-refractivity contribution in [1.82, 2.24) is 20.8 Å². The van der Waals surface area contributed by atoms with Gasteiger partial charge in [-0.05, 0) is 44.2 Å². The van der Waals surface area contributed by atoms with Crippen LogP contribution in [0.2, 0.25) is 5.02 Å². The van der Waals surface area contributed by atoms with E-state index in [1.54, 1.807) is 56.3 Å². The summed E-state index contributed by atoms with van der Waals surface area (Å²) in [6.07, 6.45) is 1.29. The molecule has 0 saturated heterocycles. The number of aromatic nitrogens is 2. The van der Waals surface area contributed by atoms with Gasteiger partial charge in [0.2, 0.25) is 11.9 Å². The zero-order valence-electron chi connectivity index (χ0n) is 19.4. The number of sulfone groups is 1. The molecule has 0 saturated carbocycles. The monoisotopic (exact) mass is 532 g/mol. The van der Waals surface area contributed by atoms with E-state index < -0.39 is 26.9 Å². The highest BCUT2D eigenvalue weighted by Gasteiger charge is 2.23. The number of rotatable bonds is 10. The van der Waals surface area contributed by atoms with Gasteiger partial charge in [-0.2, -0.15) is 4.98 Å². The summed E-state index contributed by atoms with van der Waals surface area (Å²) in [5, 5.41) is 16.6. The minimum Gasteiger partial charge on any atom is -0.352 e. The Hall–Kier alpha value is -3.74. The van der Waals surface area contributed by atoms with E-state index in [0.29, 0.717) is 16.9 Å². The van der Waals surface area contributed by atoms with E-state index in [2.05, 4.69) is 25.9 Å². The fraction of sp³-hybridized carbons (Fsp3) is 0.217. The molecule has 0 bridgehead atoms. The smallest absolute Gasteiger partial charge is 0.251 e. The first kappa shape index (κ1) is 26.9. The van der Waals surface area contributed by atoms with Gasteiger partial charge < -0.3 is 16.0 Å². The van der Waals surface area contributed by atoms with Gasteiger partial charge in [-0.1, -0.05) is 29.8 Å². The fourth-order valence-corrected chi connectivity index (χ4v) is 4.37. The van der Waals surface area contributed by atoms with Crippen molar-refractivity contribution in [2.24, 2.45) is 0 Å². The molecule has 1 aromatic heterocycles. The number of nitrogens with one attached hydrogen (secondary N) is 4. The van der Waals surface area contributed by atoms with Gasteiger partial charge in [-0.3, -0.25) is 14.8 Å². The van der Waals surface area contributed by atoms with Gasteiger partial charge in [0, 0.05) is 24.2 Å². The maximum absolute atomic E-state index is 12.8. The highest BCUT2D eigenvalue weighted by atomic mass is 35.5. The number of hydrogen-bond acceptors (Lipinski definition) is 9. The Morgan fingerprint density at radius 1 is 1.08 bits per heavy atom. The Labute approximate surface area is 213 Å². The molecule has 0 aliphatic carbocycles. The summed E-state index contributed by atoms with van der Waals surface area (Å²) in [5.41, 5.74) is 2.65. The van der Waals surface area contributed by atoms with Crippen molar-refractivity contribution < 1.29 is 23.2 Å². The van der Waals surface area contributed by atoms with Gasteiger partial charge in [0.05, 0.1) is 22.0 Å². The van der Waals surface area contributed by atoms with E-state index in [4.69, 9.17) is 16.8 Å². The molecular weight excluding hydrogens is 508 g/mol. The van der Waals surface area contributed by atoms with Crippen LogP contribution in [0.15, 0.2) is 59.6 Å². The standard InChI is InChI=1S/C23H25ClN6O5S/c1-14(2)36(34,35)19-9-4-3-8-18(19)28-21-17(24)13-26-23(29-21)27-16-7-5-6-15(12-16)22(32)25-11-10-20(31)30-33/h3-9,12-14,33H,10-11H2,1-2H3,(H,25,32)(H,30,31)(H2,26,27,28,29). The second-order valence-electron chi connectivity index (χ2n) is 7.85. The number of benzene rings is 2. The van der Waals surface area contributed by atoms with Crippen LogP contribution in [-0.2, 0) is 14.6 Å². The molecule has 0 atom stereocenters. The Morgan fingerprint density at radius 2 is 1.83 bits per heavy atom. The number of amides is 2. The Bertz CT molecular complexity index is 1370. The average molecular weight is 533 g/mol. The number of para-hydroxylation sites is 1. The molecule has 13 heteroatoms. The lowest BCUT2D eigenvalue weighted by Gasteiger charge is -2.15. The van der Waals surface area contributed by atoms with Crippen LogP contribution < -0.4 is 21.4 Å². The minimum absolute atomic E-state index is 0.0478. The lowest BCUT2D eigenvalue weighted by molar-refractivity contribution is -0.129. The third kappa shape index (κ3) is 6.68. The number of hydroxylamine groups is 1. The molecule has 2 amide bonds. The predicted molar refractivity (Wildman–Crippen MR) is 136 cm³/mol. The first-order valence-electron chi connectivity index (χ1n) is 10.8. The lowest BCUT2D eigenvalue weighted by atomic mass is 10.2. The van der Waals surface area contributed by atoms with Crippen LogP contribution in [0.1, 0.15) is 30.6 Å². The van der Waals surface area contributed by atoms with Gasteiger partial charge in [-0.15, -0.1) is 0 Å². The van der Waals surface area contributed by atoms with Crippen LogP contribution in [0.5, 0.6) is 0 Å². The first-order valence-corrected chi connectivity index (χ1v) is 12.7. The predicted octanol–water partition coefficient (Wildman–Crippen LogP) is 3.42. The third-order valence-corrected chi connectivity index (χ3v) is 7.44. The van der Waals surface area contributed by atoms with Gasteiger partial charge in [0.25, 0.3) is 5.91 Å². The zero-order chi connectivity index (χ0) is 26.3. The molecule has 3 rings (SSSR count). The number of hydrogen-bond donors (Lipinski definition) is 5. The molecule has 0 spiro atoms. The second-order valence-corrected chi connectivity index (χ2v) is 10.7. The number of anilines is 4. The number of carbonyl (C=O) groups excluding carboxylic acids is 2. The van der Waals surface area contributed by atoms with Gasteiger partial charge in [0.15, 0.2) is 15.7 Å². The van der Waals surface area contributed by atoms with Crippen LogP contribution in [-0.4, -0.2) is 47.2 Å². The molecule has 3 aromatic rings. The largest absolute Gasteiger partial charge is 0.352 e. The summed E-state index contributed by atoms with van der Waals surface area (Å²) in [6.45, 7) is 3.25. The Kier molecular flexibility index (Phi) is 8.80. The van der Waals surface area contributed by atoms with Crippen molar-refractivity contribution in [2.75, 3.05) is 17.2 Å². The van der Waals surface area contributed by atoms with Gasteiger partial charge in [0.1, 0.15) is 5.02 Å². The molecule has 0 aliphatic heterocycles. The summed E-state index contributed by atoms with van der Waals surface area (Å²) >= 11 is 6.26. The molecular formula is C23H25ClN6O5S. The van der Waals surface area contributed by atoms with E-state index in [9.17, 15) is 18.0 Å². The topological polar surface area (TPSA) is 162 Å². The highest BCUT2D eigenvalue weighted by Crippen LogP contribution is 2.30. The maximum atomic E-state index is 12.8. The molecule has 36 heavy (non-hydrogen) atoms. The van der Waals surface area contributed by atoms with Crippen LogP contribution >= 0.6 is 11.6 Å². The van der Waals surface area contributed by atoms with E-state index in [-0.39, 0.29) is 34.6 Å². The number of nitrogens with zero attached hydrogens (tertiary/aromatic N) is 2. The van der Waals surface area contributed by atoms with E-state index >= 15 is 0 Å². The van der Waals surface area contributed by atoms with Crippen LogP contribution in [0.25, 0.3) is 0 Å². The second kappa shape index (κ2) is 11.8. The summed E-state index contributed by atoms with van der Waals surface area (Å²) in [4.78, 5) is 32.0. The molecule has 1 heterocycles. The number of halogens is 1. The van der Waals surface area contributed by atoms with Crippen molar-refractivity contribution in [3.05, 3.63) is 65.3 Å². The molecule has 0 radical (unpaired) electrons. The molecule has 190 valence electrons. The molecule has 0 unspecified atom stereocenters. The summed E-state index contributed by atoms with van der Waals surface area (Å²) < 4.78 is 25.5. The van der Waals surface area contributed by atoms with E-state index in [1.165, 1.54) is 17.7 Å². The van der Waals surface area contributed by atoms with Crippen molar-refractivity contribution in [3.8, 4) is 0 Å². The summed E-state index contributed by atoms with van der Waals surface area (Å²) in [7, 11) is -3.56. The zero-order valence-corrected chi connectivity index (χ0v) is 21.0. The van der Waals surface area contributed by atoms with Gasteiger partial charge in [-0.25, -0.2) is 18.9 Å².